The Morgan fingerprint density at radius 2 is 2.35 bits per heavy atom. The van der Waals surface area contributed by atoms with E-state index >= 15 is 0 Å². The number of aliphatic hydroxyl groups is 1. The molecule has 2 rings (SSSR count). The minimum Gasteiger partial charge on any atom is -0.491 e. The molecule has 0 aliphatic heterocycles. The number of amides is 1. The monoisotopic (exact) mass is 342 g/mol. The first-order chi connectivity index (χ1) is 9.52. The van der Waals surface area contributed by atoms with Gasteiger partial charge in [-0.1, -0.05) is 0 Å². The largest absolute Gasteiger partial charge is 0.491 e. The molecule has 5 nitrogen and oxygen atoms in total. The summed E-state index contributed by atoms with van der Waals surface area (Å²) in [5.74, 6) is 0.199. The lowest BCUT2D eigenvalue weighted by atomic mass is 10.1. The molecule has 1 aromatic heterocycles. The van der Waals surface area contributed by atoms with Crippen LogP contribution < -0.4 is 10.1 Å². The van der Waals surface area contributed by atoms with E-state index in [-0.39, 0.29) is 17.6 Å². The molecule has 1 aliphatic rings. The van der Waals surface area contributed by atoms with E-state index in [1.165, 1.54) is 0 Å². The molecule has 1 amide bonds. The molecule has 6 heteroatoms. The van der Waals surface area contributed by atoms with Crippen LogP contribution in [0.25, 0.3) is 0 Å². The van der Waals surface area contributed by atoms with Crippen LogP contribution in [0, 0.1) is 6.92 Å². The van der Waals surface area contributed by atoms with Gasteiger partial charge in [-0.05, 0) is 60.7 Å². The highest BCUT2D eigenvalue weighted by atomic mass is 79.9. The van der Waals surface area contributed by atoms with E-state index in [1.807, 2.05) is 19.9 Å². The number of carbonyl (C=O) groups is 1. The number of carbonyl (C=O) groups excluding carboxylic acids is 1. The van der Waals surface area contributed by atoms with Gasteiger partial charge in [0.05, 0.1) is 18.8 Å². The lowest BCUT2D eigenvalue weighted by Crippen LogP contribution is -2.40. The predicted octanol–water partition coefficient (Wildman–Crippen LogP) is 2.19. The molecule has 0 radical (unpaired) electrons. The van der Waals surface area contributed by atoms with Gasteiger partial charge in [-0.2, -0.15) is 0 Å². The molecule has 0 spiro atoms. The lowest BCUT2D eigenvalue weighted by Gasteiger charge is -2.18. The van der Waals surface area contributed by atoms with E-state index < -0.39 is 6.10 Å². The molecule has 1 fully saturated rings. The maximum Gasteiger partial charge on any atom is 0.274 e. The molecule has 1 aromatic rings. The Balaban J connectivity index is 2.23. The molecule has 2 N–H and O–H groups in total. The van der Waals surface area contributed by atoms with E-state index in [2.05, 4.69) is 26.2 Å². The molecule has 1 heterocycles. The Hall–Kier alpha value is -1.14. The Kier molecular flexibility index (Phi) is 4.99. The molecule has 2 atom stereocenters. The van der Waals surface area contributed by atoms with Crippen molar-refractivity contribution in [3.05, 3.63) is 21.9 Å². The van der Waals surface area contributed by atoms with Crippen molar-refractivity contribution in [2.45, 2.75) is 45.3 Å². The second-order valence-corrected chi connectivity index (χ2v) is 5.76. The first kappa shape index (κ1) is 15.3. The Bertz CT molecular complexity index is 507. The van der Waals surface area contributed by atoms with Crippen LogP contribution in [0.2, 0.25) is 0 Å². The summed E-state index contributed by atoms with van der Waals surface area (Å²) in [4.78, 5) is 16.6. The Morgan fingerprint density at radius 1 is 1.60 bits per heavy atom. The number of pyridine rings is 1. The second kappa shape index (κ2) is 6.54. The number of hydrogen-bond donors (Lipinski definition) is 2. The topological polar surface area (TPSA) is 71.5 Å². The van der Waals surface area contributed by atoms with Crippen molar-refractivity contribution >= 4 is 21.8 Å². The van der Waals surface area contributed by atoms with E-state index in [0.717, 1.165) is 24.8 Å². The smallest absolute Gasteiger partial charge is 0.274 e. The number of rotatable bonds is 4. The van der Waals surface area contributed by atoms with Crippen molar-refractivity contribution in [3.8, 4) is 5.75 Å². The van der Waals surface area contributed by atoms with Crippen molar-refractivity contribution in [3.63, 3.8) is 0 Å². The van der Waals surface area contributed by atoms with Gasteiger partial charge in [-0.25, -0.2) is 4.98 Å². The standard InChI is InChI=1S/C14H19BrN2O3/c1-3-20-13-8(2)7-11(15)17-12(13)14(19)16-9-5-4-6-10(9)18/h7,9-10,18H,3-6H2,1-2H3,(H,16,19). The third-order valence-electron chi connectivity index (χ3n) is 3.43. The van der Waals surface area contributed by atoms with E-state index in [1.54, 1.807) is 0 Å². The van der Waals surface area contributed by atoms with Crippen molar-refractivity contribution in [2.24, 2.45) is 0 Å². The van der Waals surface area contributed by atoms with Gasteiger partial charge >= 0.3 is 0 Å². The molecular formula is C14H19BrN2O3. The Labute approximate surface area is 126 Å². The van der Waals surface area contributed by atoms with Crippen LogP contribution in [0.1, 0.15) is 42.2 Å². The number of nitrogens with zero attached hydrogens (tertiary/aromatic N) is 1. The number of nitrogens with one attached hydrogen (secondary N) is 1. The third kappa shape index (κ3) is 3.30. The summed E-state index contributed by atoms with van der Waals surface area (Å²) in [5, 5.41) is 12.6. The molecule has 0 bridgehead atoms. The van der Waals surface area contributed by atoms with Gasteiger partial charge in [-0.15, -0.1) is 0 Å². The highest BCUT2D eigenvalue weighted by Crippen LogP contribution is 2.26. The van der Waals surface area contributed by atoms with E-state index in [9.17, 15) is 9.90 Å². The second-order valence-electron chi connectivity index (χ2n) is 4.95. The number of aromatic nitrogens is 1. The zero-order valence-electron chi connectivity index (χ0n) is 11.6. The molecule has 20 heavy (non-hydrogen) atoms. The average Bonchev–Trinajstić information content (AvgIpc) is 2.78. The van der Waals surface area contributed by atoms with Crippen molar-refractivity contribution in [1.29, 1.82) is 0 Å². The molecule has 1 aliphatic carbocycles. The molecule has 2 unspecified atom stereocenters. The summed E-state index contributed by atoms with van der Waals surface area (Å²) in [5.41, 5.74) is 1.11. The molecule has 1 saturated carbocycles. The minimum atomic E-state index is -0.470. The summed E-state index contributed by atoms with van der Waals surface area (Å²) in [7, 11) is 0. The number of ether oxygens (including phenoxy) is 1. The first-order valence-corrected chi connectivity index (χ1v) is 7.61. The first-order valence-electron chi connectivity index (χ1n) is 6.81. The van der Waals surface area contributed by atoms with Gasteiger partial charge in [-0.3, -0.25) is 4.79 Å². The van der Waals surface area contributed by atoms with E-state index in [0.29, 0.717) is 17.0 Å². The SMILES string of the molecule is CCOc1c(C)cc(Br)nc1C(=O)NC1CCCC1O. The third-order valence-corrected chi connectivity index (χ3v) is 3.83. The summed E-state index contributed by atoms with van der Waals surface area (Å²) in [6.07, 6.45) is 1.98. The van der Waals surface area contributed by atoms with Gasteiger partial charge in [0.1, 0.15) is 4.60 Å². The van der Waals surface area contributed by atoms with Crippen LogP contribution in [0.3, 0.4) is 0 Å². The highest BCUT2D eigenvalue weighted by molar-refractivity contribution is 9.10. The molecule has 110 valence electrons. The number of halogens is 1. The van der Waals surface area contributed by atoms with Gasteiger partial charge in [0, 0.05) is 0 Å². The Morgan fingerprint density at radius 3 is 2.95 bits per heavy atom. The quantitative estimate of drug-likeness (QED) is 0.823. The fourth-order valence-electron chi connectivity index (χ4n) is 2.45. The number of hydrogen-bond acceptors (Lipinski definition) is 4. The van der Waals surface area contributed by atoms with Crippen molar-refractivity contribution in [2.75, 3.05) is 6.61 Å². The van der Waals surface area contributed by atoms with E-state index in [4.69, 9.17) is 4.74 Å². The van der Waals surface area contributed by atoms with Crippen LogP contribution in [0.5, 0.6) is 5.75 Å². The van der Waals surface area contributed by atoms with Crippen LogP contribution >= 0.6 is 15.9 Å². The van der Waals surface area contributed by atoms with Crippen LogP contribution in [0.15, 0.2) is 10.7 Å². The zero-order valence-corrected chi connectivity index (χ0v) is 13.2. The molecular weight excluding hydrogens is 324 g/mol. The molecule has 0 saturated heterocycles. The highest BCUT2D eigenvalue weighted by Gasteiger charge is 2.28. The summed E-state index contributed by atoms with van der Waals surface area (Å²) in [6.45, 7) is 4.21. The zero-order chi connectivity index (χ0) is 14.7. The van der Waals surface area contributed by atoms with Crippen LogP contribution in [-0.4, -0.2) is 34.8 Å². The van der Waals surface area contributed by atoms with Gasteiger partial charge in [0.2, 0.25) is 0 Å². The van der Waals surface area contributed by atoms with Crippen LogP contribution in [-0.2, 0) is 0 Å². The predicted molar refractivity (Wildman–Crippen MR) is 79.0 cm³/mol. The lowest BCUT2D eigenvalue weighted by molar-refractivity contribution is 0.0864. The van der Waals surface area contributed by atoms with Gasteiger partial charge < -0.3 is 15.2 Å². The number of aryl methyl sites for hydroxylation is 1. The minimum absolute atomic E-state index is 0.196. The van der Waals surface area contributed by atoms with Gasteiger partial charge in [0.25, 0.3) is 5.91 Å². The van der Waals surface area contributed by atoms with Gasteiger partial charge in [0.15, 0.2) is 11.4 Å². The van der Waals surface area contributed by atoms with Crippen molar-refractivity contribution < 1.29 is 14.6 Å². The maximum atomic E-state index is 12.4. The summed E-state index contributed by atoms with van der Waals surface area (Å²) in [6, 6.07) is 1.62. The number of aliphatic hydroxyl groups excluding tert-OH is 1. The fraction of sp³-hybridized carbons (Fsp3) is 0.571. The molecule has 0 aromatic carbocycles. The maximum absolute atomic E-state index is 12.4. The van der Waals surface area contributed by atoms with Crippen LogP contribution in [0.4, 0.5) is 0 Å². The average molecular weight is 343 g/mol. The normalized spacial score (nSPS) is 21.8. The summed E-state index contributed by atoms with van der Waals surface area (Å²) < 4.78 is 6.12. The fourth-order valence-corrected chi connectivity index (χ4v) is 2.97. The van der Waals surface area contributed by atoms with Crippen molar-refractivity contribution in [1.82, 2.24) is 10.3 Å². The summed E-state index contributed by atoms with van der Waals surface area (Å²) >= 11 is 3.30.